The van der Waals surface area contributed by atoms with Crippen LogP contribution in [0.3, 0.4) is 0 Å². The second-order valence-corrected chi connectivity index (χ2v) is 12.9. The number of hydrogen-bond acceptors (Lipinski definition) is 5. The summed E-state index contributed by atoms with van der Waals surface area (Å²) in [6, 6.07) is 30.5. The molecule has 0 aromatic heterocycles. The smallest absolute Gasteiger partial charge is 0.338 e. The van der Waals surface area contributed by atoms with E-state index in [0.717, 1.165) is 22.3 Å². The van der Waals surface area contributed by atoms with E-state index in [1.54, 1.807) is 42.5 Å². The van der Waals surface area contributed by atoms with E-state index in [0.29, 0.717) is 5.56 Å². The van der Waals surface area contributed by atoms with Gasteiger partial charge < -0.3 is 4.74 Å². The molecule has 2 atom stereocenters. The highest BCUT2D eigenvalue weighted by molar-refractivity contribution is 9.10. The highest BCUT2D eigenvalue weighted by Crippen LogP contribution is 2.70. The van der Waals surface area contributed by atoms with Crippen LogP contribution in [0.4, 0.5) is 5.69 Å². The van der Waals surface area contributed by atoms with Gasteiger partial charge in [-0.25, -0.2) is 9.69 Å². The largest absolute Gasteiger partial charge is 0.454 e. The highest BCUT2D eigenvalue weighted by Gasteiger charge is 2.72. The predicted molar refractivity (Wildman–Crippen MR) is 159 cm³/mol. The van der Waals surface area contributed by atoms with Crippen LogP contribution in [0.25, 0.3) is 0 Å². The monoisotopic (exact) mass is 669 g/mol. The fourth-order valence-corrected chi connectivity index (χ4v) is 8.92. The minimum atomic E-state index is -0.907. The molecule has 202 valence electrons. The zero-order valence-electron chi connectivity index (χ0n) is 21.4. The number of amides is 2. The maximum absolute atomic E-state index is 14.3. The Hall–Kier alpha value is -3.88. The Kier molecular flexibility index (Phi) is 5.92. The first-order valence-electron chi connectivity index (χ1n) is 13.1. The van der Waals surface area contributed by atoms with Crippen LogP contribution < -0.4 is 4.90 Å². The third kappa shape index (κ3) is 3.53. The number of ether oxygens (including phenoxy) is 1. The Labute approximate surface area is 252 Å². The number of esters is 1. The van der Waals surface area contributed by atoms with Crippen LogP contribution in [0.1, 0.15) is 43.0 Å². The molecule has 8 heteroatoms. The number of carbonyl (C=O) groups is 4. The van der Waals surface area contributed by atoms with Crippen molar-refractivity contribution in [2.75, 3.05) is 11.5 Å². The van der Waals surface area contributed by atoms with Crippen molar-refractivity contribution in [1.29, 1.82) is 0 Å². The molecule has 1 saturated heterocycles. The van der Waals surface area contributed by atoms with Crippen molar-refractivity contribution >= 4 is 61.1 Å². The zero-order valence-corrected chi connectivity index (χ0v) is 24.6. The number of carbonyl (C=O) groups excluding carboxylic acids is 4. The Morgan fingerprint density at radius 3 is 1.63 bits per heavy atom. The molecule has 8 rings (SSSR count). The van der Waals surface area contributed by atoms with Crippen molar-refractivity contribution in [3.05, 3.63) is 137 Å². The van der Waals surface area contributed by atoms with Crippen molar-refractivity contribution in [2.45, 2.75) is 8.65 Å². The normalized spacial score (nSPS) is 25.4. The van der Waals surface area contributed by atoms with E-state index >= 15 is 0 Å². The van der Waals surface area contributed by atoms with Crippen LogP contribution in [0, 0.1) is 11.8 Å². The number of imide groups is 1. The van der Waals surface area contributed by atoms with Crippen molar-refractivity contribution in [2.24, 2.45) is 11.8 Å². The fourth-order valence-electron chi connectivity index (χ4n) is 6.62. The van der Waals surface area contributed by atoms with Gasteiger partial charge in [-0.1, -0.05) is 117 Å². The van der Waals surface area contributed by atoms with Crippen LogP contribution in [0.15, 0.2) is 103 Å². The summed E-state index contributed by atoms with van der Waals surface area (Å²) in [6.45, 7) is -0.423. The van der Waals surface area contributed by atoms with Gasteiger partial charge in [0.2, 0.25) is 11.8 Å². The number of nitrogens with zero attached hydrogens (tertiary/aromatic N) is 1. The van der Waals surface area contributed by atoms with Crippen molar-refractivity contribution in [3.63, 3.8) is 0 Å². The van der Waals surface area contributed by atoms with Gasteiger partial charge in [0.05, 0.1) is 31.7 Å². The van der Waals surface area contributed by atoms with Crippen LogP contribution in [0.2, 0.25) is 0 Å². The predicted octanol–water partition coefficient (Wildman–Crippen LogP) is 6.14. The standard InChI is InChI=1S/C33H21Br2NO5/c34-32-22-13-4-5-14-23(22)33(35,25-16-7-6-15-24(25)32)28-27(32)29(38)36(30(28)39)21-12-8-11-20(17-21)31(40)41-18-26(37)19-9-2-1-3-10-19/h1-17,27-28H,18H2/t27-,28+,32?,33?. The van der Waals surface area contributed by atoms with Crippen molar-refractivity contribution in [3.8, 4) is 0 Å². The molecule has 0 spiro atoms. The van der Waals surface area contributed by atoms with E-state index < -0.39 is 33.1 Å². The van der Waals surface area contributed by atoms with E-state index in [-0.39, 0.29) is 28.8 Å². The van der Waals surface area contributed by atoms with Gasteiger partial charge in [0, 0.05) is 5.56 Å². The first-order valence-corrected chi connectivity index (χ1v) is 14.7. The van der Waals surface area contributed by atoms with Gasteiger partial charge in [-0.2, -0.15) is 0 Å². The molecule has 1 aliphatic heterocycles. The maximum Gasteiger partial charge on any atom is 0.338 e. The van der Waals surface area contributed by atoms with E-state index in [1.807, 2.05) is 48.5 Å². The van der Waals surface area contributed by atoms with E-state index in [2.05, 4.69) is 31.9 Å². The molecule has 4 aromatic carbocycles. The summed E-state index contributed by atoms with van der Waals surface area (Å²) >= 11 is 7.99. The molecule has 4 aromatic rings. The van der Waals surface area contributed by atoms with Crippen LogP contribution in [-0.2, 0) is 23.0 Å². The van der Waals surface area contributed by atoms with E-state index in [4.69, 9.17) is 4.74 Å². The minimum absolute atomic E-state index is 0.135. The Morgan fingerprint density at radius 1 is 0.659 bits per heavy atom. The number of ketones is 1. The Balaban J connectivity index is 1.24. The summed E-state index contributed by atoms with van der Waals surface area (Å²) in [5.41, 5.74) is 4.63. The molecule has 6 nitrogen and oxygen atoms in total. The lowest BCUT2D eigenvalue weighted by molar-refractivity contribution is -0.122. The van der Waals surface area contributed by atoms with Crippen LogP contribution in [0.5, 0.6) is 0 Å². The molecule has 2 bridgehead atoms. The van der Waals surface area contributed by atoms with Gasteiger partial charge in [-0.15, -0.1) is 0 Å². The number of rotatable bonds is 5. The average molecular weight is 671 g/mol. The van der Waals surface area contributed by atoms with Crippen molar-refractivity contribution in [1.82, 2.24) is 0 Å². The van der Waals surface area contributed by atoms with Gasteiger partial charge in [0.15, 0.2) is 12.4 Å². The lowest BCUT2D eigenvalue weighted by Gasteiger charge is -2.55. The molecule has 0 saturated carbocycles. The lowest BCUT2D eigenvalue weighted by atomic mass is 9.54. The summed E-state index contributed by atoms with van der Waals surface area (Å²) in [7, 11) is 0. The number of Topliss-reactive ketones (excluding diaryl/α,β-unsaturated/α-hetero) is 1. The number of alkyl halides is 2. The molecule has 41 heavy (non-hydrogen) atoms. The highest BCUT2D eigenvalue weighted by atomic mass is 79.9. The molecular formula is C33H21Br2NO5. The second-order valence-electron chi connectivity index (χ2n) is 10.4. The summed E-state index contributed by atoms with van der Waals surface area (Å²) in [5.74, 6) is -3.20. The van der Waals surface area contributed by atoms with Gasteiger partial charge in [0.1, 0.15) is 0 Å². The second kappa shape index (κ2) is 9.33. The molecule has 3 aliphatic carbocycles. The molecule has 0 unspecified atom stereocenters. The van der Waals surface area contributed by atoms with Gasteiger partial charge in [0.25, 0.3) is 0 Å². The van der Waals surface area contributed by atoms with Crippen molar-refractivity contribution < 1.29 is 23.9 Å². The molecule has 1 fully saturated rings. The Morgan fingerprint density at radius 2 is 1.12 bits per heavy atom. The van der Waals surface area contributed by atoms with Crippen LogP contribution >= 0.6 is 31.9 Å². The molecule has 0 N–H and O–H groups in total. The first-order chi connectivity index (χ1) is 19.8. The molecule has 1 heterocycles. The summed E-state index contributed by atoms with van der Waals surface area (Å²) in [6.07, 6.45) is 0. The number of hydrogen-bond donors (Lipinski definition) is 0. The third-order valence-corrected chi connectivity index (χ3v) is 11.1. The lowest BCUT2D eigenvalue weighted by Crippen LogP contribution is -2.56. The van der Waals surface area contributed by atoms with Gasteiger partial charge >= 0.3 is 5.97 Å². The van der Waals surface area contributed by atoms with Gasteiger partial charge in [-0.05, 0) is 40.5 Å². The van der Waals surface area contributed by atoms with Gasteiger partial charge in [-0.3, -0.25) is 14.4 Å². The molecule has 4 aliphatic rings. The average Bonchev–Trinajstić information content (AvgIpc) is 3.29. The fraction of sp³-hybridized carbons (Fsp3) is 0.152. The molecule has 2 amide bonds. The third-order valence-electron chi connectivity index (χ3n) is 8.36. The number of benzene rings is 4. The Bertz CT molecular complexity index is 1660. The summed E-state index contributed by atoms with van der Waals surface area (Å²) in [5, 5.41) is 0. The zero-order chi connectivity index (χ0) is 28.5. The minimum Gasteiger partial charge on any atom is -0.454 e. The summed E-state index contributed by atoms with van der Waals surface area (Å²) < 4.78 is 3.47. The SMILES string of the molecule is O=C(COC(=O)c1cccc(N2C(=O)[C@@H]3[C@H](C2=O)C2(Br)c4ccccc4C3(Br)c3ccccc32)c1)c1ccccc1. The topological polar surface area (TPSA) is 80.8 Å². The molecule has 0 radical (unpaired) electrons. The number of anilines is 1. The summed E-state index contributed by atoms with van der Waals surface area (Å²) in [4.78, 5) is 55.0. The number of halogens is 2. The first kappa shape index (κ1) is 26.0. The molecular weight excluding hydrogens is 650 g/mol. The van der Waals surface area contributed by atoms with Crippen LogP contribution in [-0.4, -0.2) is 30.2 Å². The van der Waals surface area contributed by atoms with E-state index in [9.17, 15) is 19.2 Å². The van der Waals surface area contributed by atoms with E-state index in [1.165, 1.54) is 17.0 Å². The quantitative estimate of drug-likeness (QED) is 0.110. The maximum atomic E-state index is 14.3.